The number of aromatic nitrogens is 4. The minimum atomic E-state index is -0.769. The molecule has 0 aliphatic carbocycles. The maximum Gasteiger partial charge on any atom is 0.325 e. The number of amides is 1. The molecule has 148 valence electrons. The van der Waals surface area contributed by atoms with Crippen LogP contribution in [0, 0.1) is 0 Å². The molecule has 1 amide bonds. The molecule has 1 atom stereocenters. The van der Waals surface area contributed by atoms with E-state index in [0.717, 1.165) is 5.75 Å². The number of benzene rings is 1. The third-order valence-electron chi connectivity index (χ3n) is 4.76. The lowest BCUT2D eigenvalue weighted by Crippen LogP contribution is -2.61. The molecule has 0 fully saturated rings. The number of thioether (sulfide) groups is 1. The molecular weight excluding hydrogens is 390 g/mol. The Morgan fingerprint density at radius 2 is 1.93 bits per heavy atom. The van der Waals surface area contributed by atoms with Crippen molar-refractivity contribution in [2.75, 3.05) is 10.7 Å². The zero-order valence-electron chi connectivity index (χ0n) is 16.2. The van der Waals surface area contributed by atoms with Gasteiger partial charge >= 0.3 is 17.4 Å². The molecule has 0 saturated carbocycles. The third kappa shape index (κ3) is 3.07. The largest absolute Gasteiger partial charge is 0.325 e. The fourth-order valence-electron chi connectivity index (χ4n) is 3.67. The van der Waals surface area contributed by atoms with E-state index in [2.05, 4.69) is 10.1 Å². The first-order chi connectivity index (χ1) is 13.9. The van der Waals surface area contributed by atoms with Crippen molar-refractivity contribution >= 4 is 29.3 Å². The number of nitrogens with zero attached hydrogens (tertiary/aromatic N) is 4. The summed E-state index contributed by atoms with van der Waals surface area (Å²) in [6.07, 6.45) is 0.876. The fourth-order valence-corrected chi connectivity index (χ4v) is 4.26. The van der Waals surface area contributed by atoms with Crippen LogP contribution in [0.25, 0.3) is 11.3 Å². The van der Waals surface area contributed by atoms with Gasteiger partial charge in [0.15, 0.2) is 0 Å². The Hall–Kier alpha value is -3.20. The fraction of sp³-hybridized carbons (Fsp3) is 0.250. The first-order valence-corrected chi connectivity index (χ1v) is 10.2. The average molecular weight is 410 g/mol. The summed E-state index contributed by atoms with van der Waals surface area (Å²) < 4.78 is 3.02. The van der Waals surface area contributed by atoms with Crippen molar-refractivity contribution in [3.8, 4) is 11.3 Å². The normalized spacial score (nSPS) is 15.0. The van der Waals surface area contributed by atoms with E-state index in [0.29, 0.717) is 27.8 Å². The summed E-state index contributed by atoms with van der Waals surface area (Å²) in [4.78, 5) is 42.4. The zero-order valence-corrected chi connectivity index (χ0v) is 17.1. The molecule has 0 radical (unpaired) electrons. The SMILES string of the molecule is CCSc1n[n+]2c(c(=O)[nH]1)-c1ccccc1N(C(C)=O)[C@H]2c1cccn1C(C)=O. The molecule has 3 aromatic rings. The Kier molecular flexibility index (Phi) is 4.83. The van der Waals surface area contributed by atoms with Gasteiger partial charge in [-0.3, -0.25) is 23.9 Å². The number of hydrogen-bond acceptors (Lipinski definition) is 5. The summed E-state index contributed by atoms with van der Waals surface area (Å²) in [7, 11) is 0. The minimum absolute atomic E-state index is 0.192. The van der Waals surface area contributed by atoms with Crippen molar-refractivity contribution in [3.05, 3.63) is 58.6 Å². The topological polar surface area (TPSA) is 91.9 Å². The van der Waals surface area contributed by atoms with E-state index < -0.39 is 6.17 Å². The number of aromatic amines is 1. The molecule has 0 saturated heterocycles. The highest BCUT2D eigenvalue weighted by Crippen LogP contribution is 2.37. The summed E-state index contributed by atoms with van der Waals surface area (Å²) in [6.45, 7) is 4.88. The molecule has 2 aromatic heterocycles. The Morgan fingerprint density at radius 1 is 1.17 bits per heavy atom. The summed E-state index contributed by atoms with van der Waals surface area (Å²) in [6, 6.07) is 10.7. The predicted molar refractivity (Wildman–Crippen MR) is 109 cm³/mol. The molecule has 1 N–H and O–H groups in total. The second-order valence-electron chi connectivity index (χ2n) is 6.59. The van der Waals surface area contributed by atoms with Gasteiger partial charge in [-0.25, -0.2) is 4.90 Å². The number of hydrogen-bond donors (Lipinski definition) is 1. The molecule has 1 aromatic carbocycles. The number of para-hydroxylation sites is 1. The van der Waals surface area contributed by atoms with Crippen molar-refractivity contribution in [1.82, 2.24) is 14.6 Å². The van der Waals surface area contributed by atoms with Crippen LogP contribution >= 0.6 is 11.8 Å². The quantitative estimate of drug-likeness (QED) is 0.528. The van der Waals surface area contributed by atoms with Crippen LogP contribution in [0.3, 0.4) is 0 Å². The highest BCUT2D eigenvalue weighted by Gasteiger charge is 2.46. The number of carbonyl (C=O) groups is 2. The number of rotatable bonds is 3. The summed E-state index contributed by atoms with van der Waals surface area (Å²) in [5.41, 5.74) is 1.82. The lowest BCUT2D eigenvalue weighted by molar-refractivity contribution is -0.763. The molecule has 1 aliphatic rings. The molecule has 29 heavy (non-hydrogen) atoms. The Labute approximate surface area is 171 Å². The van der Waals surface area contributed by atoms with Gasteiger partial charge in [-0.2, -0.15) is 0 Å². The predicted octanol–water partition coefficient (Wildman–Crippen LogP) is 2.21. The number of carbonyl (C=O) groups excluding carboxylic acids is 2. The van der Waals surface area contributed by atoms with Gasteiger partial charge < -0.3 is 0 Å². The van der Waals surface area contributed by atoms with Gasteiger partial charge in [0.25, 0.3) is 0 Å². The first kappa shape index (κ1) is 19.1. The van der Waals surface area contributed by atoms with E-state index in [1.165, 1.54) is 30.2 Å². The van der Waals surface area contributed by atoms with Crippen LogP contribution in [0.1, 0.15) is 37.4 Å². The number of fused-ring (bicyclic) bond motifs is 3. The van der Waals surface area contributed by atoms with Crippen LogP contribution in [-0.2, 0) is 4.79 Å². The molecule has 9 heteroatoms. The van der Waals surface area contributed by atoms with Crippen molar-refractivity contribution < 1.29 is 14.3 Å². The van der Waals surface area contributed by atoms with Crippen molar-refractivity contribution in [2.24, 2.45) is 0 Å². The molecule has 1 aliphatic heterocycles. The van der Waals surface area contributed by atoms with Crippen LogP contribution in [0.15, 0.2) is 52.5 Å². The summed E-state index contributed by atoms with van der Waals surface area (Å²) in [5, 5.41) is 5.09. The van der Waals surface area contributed by atoms with Gasteiger partial charge in [-0.1, -0.05) is 30.8 Å². The van der Waals surface area contributed by atoms with Gasteiger partial charge in [-0.05, 0) is 34.7 Å². The molecule has 8 nitrogen and oxygen atoms in total. The standard InChI is InChI=1S/C20H19N5O3S/c1-4-29-20-21-18(28)17-14-8-5-6-9-15(14)24(13(3)27)19(25(17)22-20)16-10-7-11-23(16)12(2)26/h5-11,19H,4H2,1-3H3/p+1/t19-/m1/s1. The second-order valence-corrected chi connectivity index (χ2v) is 7.84. The number of nitrogens with one attached hydrogen (secondary N) is 1. The molecule has 0 unspecified atom stereocenters. The zero-order chi connectivity index (χ0) is 20.7. The molecule has 4 rings (SSSR count). The van der Waals surface area contributed by atoms with Crippen LogP contribution < -0.4 is 15.1 Å². The van der Waals surface area contributed by atoms with E-state index in [1.54, 1.807) is 40.0 Å². The van der Waals surface area contributed by atoms with E-state index in [-0.39, 0.29) is 17.4 Å². The second kappa shape index (κ2) is 7.32. The smallest absolute Gasteiger partial charge is 0.291 e. The van der Waals surface area contributed by atoms with Crippen molar-refractivity contribution in [3.63, 3.8) is 0 Å². The number of anilines is 1. The van der Waals surface area contributed by atoms with Gasteiger partial charge in [0.05, 0.1) is 11.3 Å². The van der Waals surface area contributed by atoms with Crippen molar-refractivity contribution in [1.29, 1.82) is 0 Å². The molecule has 0 spiro atoms. The van der Waals surface area contributed by atoms with Crippen LogP contribution in [0.2, 0.25) is 0 Å². The lowest BCUT2D eigenvalue weighted by Gasteiger charge is -2.31. The average Bonchev–Trinajstić information content (AvgIpc) is 3.16. The monoisotopic (exact) mass is 410 g/mol. The van der Waals surface area contributed by atoms with Gasteiger partial charge in [0.2, 0.25) is 17.0 Å². The Bertz CT molecular complexity index is 1180. The molecule has 0 bridgehead atoms. The molecular formula is C20H20N5O3S+. The van der Waals surface area contributed by atoms with E-state index in [4.69, 9.17) is 0 Å². The van der Waals surface area contributed by atoms with Crippen LogP contribution in [-0.4, -0.2) is 32.2 Å². The van der Waals surface area contributed by atoms with Crippen LogP contribution in [0.5, 0.6) is 0 Å². The van der Waals surface area contributed by atoms with E-state index in [1.807, 2.05) is 19.1 Å². The van der Waals surface area contributed by atoms with E-state index in [9.17, 15) is 14.4 Å². The molecule has 3 heterocycles. The van der Waals surface area contributed by atoms with Crippen molar-refractivity contribution in [2.45, 2.75) is 32.1 Å². The maximum atomic E-state index is 13.0. The Balaban J connectivity index is 2.09. The Morgan fingerprint density at radius 3 is 2.62 bits per heavy atom. The minimum Gasteiger partial charge on any atom is -0.291 e. The maximum absolute atomic E-state index is 13.0. The first-order valence-electron chi connectivity index (χ1n) is 9.20. The highest BCUT2D eigenvalue weighted by atomic mass is 32.2. The van der Waals surface area contributed by atoms with Gasteiger partial charge in [-0.15, -0.1) is 0 Å². The van der Waals surface area contributed by atoms with Gasteiger partial charge in [0, 0.05) is 25.1 Å². The highest BCUT2D eigenvalue weighted by molar-refractivity contribution is 7.99. The number of H-pyrrole nitrogens is 1. The van der Waals surface area contributed by atoms with Gasteiger partial charge in [0.1, 0.15) is 5.69 Å². The summed E-state index contributed by atoms with van der Waals surface area (Å²) >= 11 is 1.40. The van der Waals surface area contributed by atoms with E-state index >= 15 is 0 Å². The van der Waals surface area contributed by atoms with Crippen LogP contribution in [0.4, 0.5) is 5.69 Å². The lowest BCUT2D eigenvalue weighted by atomic mass is 10.0. The summed E-state index contributed by atoms with van der Waals surface area (Å²) in [5.74, 6) is 0.315. The third-order valence-corrected chi connectivity index (χ3v) is 5.51.